The fraction of sp³-hybridized carbons (Fsp3) is 0.727. The van der Waals surface area contributed by atoms with E-state index < -0.39 is 0 Å². The quantitative estimate of drug-likeness (QED) is 0.899. The Morgan fingerprint density at radius 3 is 3.06 bits per heavy atom. The first-order chi connectivity index (χ1) is 8.33. The average molecular weight is 251 g/mol. The zero-order chi connectivity index (χ0) is 11.8. The highest BCUT2D eigenvalue weighted by molar-refractivity contribution is 7.16. The molecule has 0 bridgehead atoms. The molecule has 0 radical (unpaired) electrons. The monoisotopic (exact) mass is 251 g/mol. The van der Waals surface area contributed by atoms with Gasteiger partial charge in [0.2, 0.25) is 4.96 Å². The van der Waals surface area contributed by atoms with Crippen molar-refractivity contribution < 1.29 is 0 Å². The first-order valence-corrected chi connectivity index (χ1v) is 7.06. The molecule has 0 amide bonds. The smallest absolute Gasteiger partial charge is 0.234 e. The van der Waals surface area contributed by atoms with Gasteiger partial charge in [-0.1, -0.05) is 24.7 Å². The van der Waals surface area contributed by atoms with Crippen molar-refractivity contribution in [3.05, 3.63) is 10.8 Å². The van der Waals surface area contributed by atoms with E-state index in [1.54, 1.807) is 11.3 Å². The highest BCUT2D eigenvalue weighted by Gasteiger charge is 2.30. The Balaban J connectivity index is 1.97. The van der Waals surface area contributed by atoms with Crippen LogP contribution in [0.1, 0.15) is 42.9 Å². The molecule has 2 unspecified atom stereocenters. The Morgan fingerprint density at radius 2 is 2.29 bits per heavy atom. The number of nitrogens with zero attached hydrogens (tertiary/aromatic N) is 4. The third-order valence-electron chi connectivity index (χ3n) is 3.67. The molecule has 1 saturated carbocycles. The third kappa shape index (κ3) is 1.75. The molecule has 2 aromatic rings. The van der Waals surface area contributed by atoms with Crippen LogP contribution in [0.15, 0.2) is 0 Å². The molecule has 5 nitrogen and oxygen atoms in total. The molecule has 1 aliphatic carbocycles. The molecular weight excluding hydrogens is 234 g/mol. The molecule has 0 aliphatic heterocycles. The molecule has 3 rings (SSSR count). The number of nitrogens with two attached hydrogens (primary N) is 1. The average Bonchev–Trinajstić information content (AvgIpc) is 3.02. The third-order valence-corrected chi connectivity index (χ3v) is 4.70. The summed E-state index contributed by atoms with van der Waals surface area (Å²) in [5.74, 6) is 2.09. The topological polar surface area (TPSA) is 69.1 Å². The number of rotatable bonds is 3. The van der Waals surface area contributed by atoms with Gasteiger partial charge in [-0.05, 0) is 25.3 Å². The number of hydrogen-bond acceptors (Lipinski definition) is 5. The highest BCUT2D eigenvalue weighted by atomic mass is 32.1. The van der Waals surface area contributed by atoms with Crippen LogP contribution in [-0.2, 0) is 6.42 Å². The van der Waals surface area contributed by atoms with Crippen molar-refractivity contribution in [3.8, 4) is 0 Å². The van der Waals surface area contributed by atoms with Crippen LogP contribution in [0.5, 0.6) is 0 Å². The van der Waals surface area contributed by atoms with Gasteiger partial charge in [0.25, 0.3) is 0 Å². The van der Waals surface area contributed by atoms with Crippen LogP contribution in [-0.4, -0.2) is 26.4 Å². The first kappa shape index (κ1) is 11.1. The van der Waals surface area contributed by atoms with Crippen LogP contribution in [0.4, 0.5) is 0 Å². The minimum Gasteiger partial charge on any atom is -0.330 e. The number of aromatic nitrogens is 4. The maximum Gasteiger partial charge on any atom is 0.234 e. The zero-order valence-electron chi connectivity index (χ0n) is 9.96. The van der Waals surface area contributed by atoms with Gasteiger partial charge >= 0.3 is 0 Å². The summed E-state index contributed by atoms with van der Waals surface area (Å²) in [6.07, 6.45) is 4.60. The molecule has 1 aliphatic rings. The number of hydrogen-bond donors (Lipinski definition) is 1. The number of fused-ring (bicyclic) bond motifs is 1. The zero-order valence-corrected chi connectivity index (χ0v) is 10.8. The lowest BCUT2D eigenvalue weighted by atomic mass is 9.97. The van der Waals surface area contributed by atoms with Gasteiger partial charge in [-0.25, -0.2) is 0 Å². The molecule has 1 fully saturated rings. The summed E-state index contributed by atoms with van der Waals surface area (Å²) in [4.78, 5) is 0.916. The molecule has 0 aromatic carbocycles. The predicted octanol–water partition coefficient (Wildman–Crippen LogP) is 1.59. The molecule has 2 atom stereocenters. The minimum absolute atomic E-state index is 0.538. The van der Waals surface area contributed by atoms with E-state index in [4.69, 9.17) is 5.73 Å². The van der Waals surface area contributed by atoms with Crippen molar-refractivity contribution >= 4 is 16.3 Å². The second-order valence-electron chi connectivity index (χ2n) is 4.64. The standard InChI is InChI=1S/C11H17N5S/c1-2-9-13-14-11-16(9)15-10(17-11)8-5-3-4-7(8)6-12/h7-8H,2-6,12H2,1H3. The lowest BCUT2D eigenvalue weighted by Gasteiger charge is -2.13. The van der Waals surface area contributed by atoms with Crippen LogP contribution in [0, 0.1) is 5.92 Å². The molecule has 0 saturated heterocycles. The van der Waals surface area contributed by atoms with E-state index >= 15 is 0 Å². The van der Waals surface area contributed by atoms with E-state index in [9.17, 15) is 0 Å². The van der Waals surface area contributed by atoms with E-state index in [-0.39, 0.29) is 0 Å². The molecular formula is C11H17N5S. The van der Waals surface area contributed by atoms with E-state index in [1.165, 1.54) is 24.3 Å². The van der Waals surface area contributed by atoms with Crippen LogP contribution >= 0.6 is 11.3 Å². The van der Waals surface area contributed by atoms with Gasteiger partial charge < -0.3 is 5.73 Å². The second kappa shape index (κ2) is 4.34. The summed E-state index contributed by atoms with van der Waals surface area (Å²) in [5, 5.41) is 14.2. The van der Waals surface area contributed by atoms with Crippen molar-refractivity contribution in [1.29, 1.82) is 0 Å². The van der Waals surface area contributed by atoms with Crippen LogP contribution in [0.2, 0.25) is 0 Å². The molecule has 92 valence electrons. The molecule has 2 heterocycles. The normalized spacial score (nSPS) is 24.8. The van der Waals surface area contributed by atoms with Crippen molar-refractivity contribution in [2.45, 2.75) is 38.5 Å². The summed E-state index contributed by atoms with van der Waals surface area (Å²) >= 11 is 1.67. The molecule has 17 heavy (non-hydrogen) atoms. The number of aryl methyl sites for hydroxylation is 1. The molecule has 2 aromatic heterocycles. The van der Waals surface area contributed by atoms with Gasteiger partial charge in [0.15, 0.2) is 5.82 Å². The summed E-state index contributed by atoms with van der Waals surface area (Å²) in [5.41, 5.74) is 5.83. The van der Waals surface area contributed by atoms with Gasteiger partial charge in [0.05, 0.1) is 0 Å². The lowest BCUT2D eigenvalue weighted by molar-refractivity contribution is 0.490. The Kier molecular flexibility index (Phi) is 2.84. The van der Waals surface area contributed by atoms with E-state index in [1.807, 2.05) is 4.52 Å². The highest BCUT2D eigenvalue weighted by Crippen LogP contribution is 2.40. The van der Waals surface area contributed by atoms with Crippen LogP contribution in [0.3, 0.4) is 0 Å². The van der Waals surface area contributed by atoms with Crippen LogP contribution in [0.25, 0.3) is 4.96 Å². The van der Waals surface area contributed by atoms with E-state index in [2.05, 4.69) is 22.2 Å². The minimum atomic E-state index is 0.538. The lowest BCUT2D eigenvalue weighted by Crippen LogP contribution is -2.17. The van der Waals surface area contributed by atoms with Gasteiger partial charge in [-0.15, -0.1) is 10.2 Å². The van der Waals surface area contributed by atoms with E-state index in [0.717, 1.165) is 23.8 Å². The maximum absolute atomic E-state index is 5.83. The van der Waals surface area contributed by atoms with Crippen molar-refractivity contribution in [3.63, 3.8) is 0 Å². The molecule has 6 heteroatoms. The van der Waals surface area contributed by atoms with Gasteiger partial charge in [0, 0.05) is 12.3 Å². The Hall–Kier alpha value is -1.01. The van der Waals surface area contributed by atoms with Crippen molar-refractivity contribution in [1.82, 2.24) is 19.8 Å². The predicted molar refractivity (Wildman–Crippen MR) is 67.2 cm³/mol. The molecule has 0 spiro atoms. The maximum atomic E-state index is 5.83. The summed E-state index contributed by atoms with van der Waals surface area (Å²) in [6.45, 7) is 2.85. The van der Waals surface area contributed by atoms with Crippen molar-refractivity contribution in [2.24, 2.45) is 11.7 Å². The largest absolute Gasteiger partial charge is 0.330 e. The SMILES string of the molecule is CCc1nnc2sc(C3CCCC3CN)nn12. The Morgan fingerprint density at radius 1 is 1.41 bits per heavy atom. The summed E-state index contributed by atoms with van der Waals surface area (Å²) < 4.78 is 1.89. The second-order valence-corrected chi connectivity index (χ2v) is 5.63. The summed E-state index contributed by atoms with van der Waals surface area (Å²) in [7, 11) is 0. The summed E-state index contributed by atoms with van der Waals surface area (Å²) in [6, 6.07) is 0. The fourth-order valence-electron chi connectivity index (χ4n) is 2.69. The molecule has 2 N–H and O–H groups in total. The first-order valence-electron chi connectivity index (χ1n) is 6.24. The van der Waals surface area contributed by atoms with Gasteiger partial charge in [0.1, 0.15) is 5.01 Å². The van der Waals surface area contributed by atoms with Crippen LogP contribution < -0.4 is 5.73 Å². The Labute approximate surface area is 104 Å². The van der Waals surface area contributed by atoms with Crippen molar-refractivity contribution in [2.75, 3.05) is 6.54 Å². The van der Waals surface area contributed by atoms with Gasteiger partial charge in [-0.3, -0.25) is 0 Å². The van der Waals surface area contributed by atoms with Gasteiger partial charge in [-0.2, -0.15) is 9.61 Å². The Bertz CT molecular complexity index is 517. The fourth-order valence-corrected chi connectivity index (χ4v) is 3.77. The van der Waals surface area contributed by atoms with E-state index in [0.29, 0.717) is 11.8 Å².